The average Bonchev–Trinajstić information content (AvgIpc) is 3.05. The smallest absolute Gasteiger partial charge is 0.230 e. The van der Waals surface area contributed by atoms with E-state index >= 15 is 0 Å². The summed E-state index contributed by atoms with van der Waals surface area (Å²) in [5, 5.41) is 4.43. The maximum Gasteiger partial charge on any atom is 0.230 e. The molecule has 0 bridgehead atoms. The van der Waals surface area contributed by atoms with Crippen LogP contribution in [0, 0.1) is 18.3 Å². The number of thiophene rings is 1. The third-order valence-electron chi connectivity index (χ3n) is 6.94. The minimum Gasteiger partial charge on any atom is -0.342 e. The Morgan fingerprint density at radius 2 is 2.14 bits per heavy atom. The van der Waals surface area contributed by atoms with Gasteiger partial charge in [-0.25, -0.2) is 0 Å². The van der Waals surface area contributed by atoms with Crippen LogP contribution < -0.4 is 0 Å². The molecule has 2 aromatic heterocycles. The number of nitrogens with zero attached hydrogens (tertiary/aromatic N) is 4. The number of amides is 1. The summed E-state index contributed by atoms with van der Waals surface area (Å²) in [5.74, 6) is 1.39. The molecule has 3 aliphatic rings. The topological polar surface area (TPSA) is 41.4 Å². The molecule has 5 nitrogen and oxygen atoms in total. The van der Waals surface area contributed by atoms with Gasteiger partial charge in [0, 0.05) is 67.3 Å². The Kier molecular flexibility index (Phi) is 4.59. The largest absolute Gasteiger partial charge is 0.342 e. The highest BCUT2D eigenvalue weighted by molar-refractivity contribution is 7.11. The van der Waals surface area contributed by atoms with Gasteiger partial charge >= 0.3 is 0 Å². The lowest BCUT2D eigenvalue weighted by Crippen LogP contribution is -2.52. The van der Waals surface area contributed by atoms with E-state index in [-0.39, 0.29) is 11.3 Å². The third-order valence-corrected chi connectivity index (χ3v) is 7.93. The fourth-order valence-electron chi connectivity index (χ4n) is 5.39. The molecule has 3 fully saturated rings. The fourth-order valence-corrected chi connectivity index (χ4v) is 6.32. The van der Waals surface area contributed by atoms with Crippen molar-refractivity contribution in [2.24, 2.45) is 18.4 Å². The van der Waals surface area contributed by atoms with E-state index in [0.29, 0.717) is 5.91 Å². The molecular weight excluding hydrogens is 368 g/mol. The predicted molar refractivity (Wildman–Crippen MR) is 111 cm³/mol. The van der Waals surface area contributed by atoms with E-state index in [0.717, 1.165) is 51.5 Å². The van der Waals surface area contributed by atoms with Crippen molar-refractivity contribution in [1.82, 2.24) is 19.6 Å². The molecule has 2 atom stereocenters. The van der Waals surface area contributed by atoms with Gasteiger partial charge in [0.15, 0.2) is 0 Å². The van der Waals surface area contributed by atoms with Crippen LogP contribution in [0.4, 0.5) is 0 Å². The summed E-state index contributed by atoms with van der Waals surface area (Å²) < 4.78 is 1.98. The van der Waals surface area contributed by atoms with Crippen LogP contribution in [-0.4, -0.2) is 51.7 Å². The number of carbonyl (C=O) groups excluding carboxylic acids is 1. The first-order chi connectivity index (χ1) is 13.5. The second-order valence-corrected chi connectivity index (χ2v) is 10.4. The molecule has 0 unspecified atom stereocenters. The maximum atomic E-state index is 13.8. The molecule has 2 aliphatic heterocycles. The van der Waals surface area contributed by atoms with Crippen LogP contribution in [-0.2, 0) is 18.4 Å². The highest BCUT2D eigenvalue weighted by Crippen LogP contribution is 2.50. The first kappa shape index (κ1) is 18.4. The van der Waals surface area contributed by atoms with Crippen molar-refractivity contribution in [3.63, 3.8) is 0 Å². The average molecular weight is 399 g/mol. The Morgan fingerprint density at radius 3 is 2.82 bits per heavy atom. The van der Waals surface area contributed by atoms with Crippen LogP contribution >= 0.6 is 11.3 Å². The fraction of sp³-hybridized carbons (Fsp3) is 0.636. The molecule has 1 saturated carbocycles. The lowest BCUT2D eigenvalue weighted by molar-refractivity contribution is -0.147. The number of carbonyl (C=O) groups is 1. The monoisotopic (exact) mass is 398 g/mol. The zero-order valence-corrected chi connectivity index (χ0v) is 17.7. The van der Waals surface area contributed by atoms with E-state index in [9.17, 15) is 4.79 Å². The Balaban J connectivity index is 1.45. The molecule has 1 amide bonds. The van der Waals surface area contributed by atoms with Crippen LogP contribution in [0.1, 0.15) is 47.0 Å². The molecule has 0 N–H and O–H groups in total. The van der Waals surface area contributed by atoms with Crippen molar-refractivity contribution >= 4 is 17.2 Å². The van der Waals surface area contributed by atoms with Gasteiger partial charge in [-0.2, -0.15) is 5.10 Å². The number of aryl methyl sites for hydroxylation is 2. The van der Waals surface area contributed by atoms with Crippen LogP contribution in [0.25, 0.3) is 0 Å². The predicted octanol–water partition coefficient (Wildman–Crippen LogP) is 3.41. The zero-order chi connectivity index (χ0) is 19.3. The lowest BCUT2D eigenvalue weighted by Gasteiger charge is -2.42. The van der Waals surface area contributed by atoms with E-state index < -0.39 is 0 Å². The first-order valence-corrected chi connectivity index (χ1v) is 11.4. The van der Waals surface area contributed by atoms with Crippen LogP contribution in [0.3, 0.4) is 0 Å². The van der Waals surface area contributed by atoms with Gasteiger partial charge in [0.1, 0.15) is 0 Å². The normalized spacial score (nSPS) is 28.6. The molecule has 2 aromatic rings. The molecule has 150 valence electrons. The summed E-state index contributed by atoms with van der Waals surface area (Å²) in [6, 6.07) is 6.57. The summed E-state index contributed by atoms with van der Waals surface area (Å²) in [6.07, 6.45) is 6.60. The summed E-state index contributed by atoms with van der Waals surface area (Å²) >= 11 is 1.87. The Labute approximate surface area is 171 Å². The summed E-state index contributed by atoms with van der Waals surface area (Å²) in [4.78, 5) is 21.3. The number of likely N-dealkylation sites (tertiary alicyclic amines) is 2. The third kappa shape index (κ3) is 3.20. The molecule has 1 spiro atoms. The van der Waals surface area contributed by atoms with Crippen molar-refractivity contribution in [1.29, 1.82) is 0 Å². The van der Waals surface area contributed by atoms with Gasteiger partial charge in [0.05, 0.1) is 5.41 Å². The highest BCUT2D eigenvalue weighted by atomic mass is 32.1. The molecule has 28 heavy (non-hydrogen) atoms. The molecule has 5 rings (SSSR count). The second-order valence-electron chi connectivity index (χ2n) is 9.07. The van der Waals surface area contributed by atoms with Crippen LogP contribution in [0.15, 0.2) is 24.4 Å². The molecule has 0 radical (unpaired) electrons. The molecule has 1 aliphatic carbocycles. The zero-order valence-electron chi connectivity index (χ0n) is 16.9. The first-order valence-electron chi connectivity index (χ1n) is 10.6. The minimum absolute atomic E-state index is 0.232. The van der Waals surface area contributed by atoms with Gasteiger partial charge in [0.2, 0.25) is 5.91 Å². The molecule has 6 heteroatoms. The van der Waals surface area contributed by atoms with Gasteiger partial charge < -0.3 is 4.90 Å². The molecular formula is C22H30N4OS. The van der Waals surface area contributed by atoms with E-state index in [4.69, 9.17) is 0 Å². The summed E-state index contributed by atoms with van der Waals surface area (Å²) in [5.41, 5.74) is 0.930. The number of hydrogen-bond acceptors (Lipinski definition) is 4. The standard InChI is InChI=1S/C22H30N4OS/c1-16-4-7-18(28-16)13-25-14-19(20-8-10-23-24(20)2)22(15-25)9-3-11-26(21(22)27)12-17-5-6-17/h4,7-8,10,17,19H,3,5-6,9,11-15H2,1-2H3/t19-,22-/m1/s1. The summed E-state index contributed by atoms with van der Waals surface area (Å²) in [7, 11) is 2.02. The van der Waals surface area contributed by atoms with E-state index in [1.54, 1.807) is 0 Å². The lowest BCUT2D eigenvalue weighted by atomic mass is 9.70. The molecule has 4 heterocycles. The van der Waals surface area contributed by atoms with E-state index in [2.05, 4.69) is 40.0 Å². The van der Waals surface area contributed by atoms with Gasteiger partial charge in [-0.15, -0.1) is 11.3 Å². The quantitative estimate of drug-likeness (QED) is 0.775. The van der Waals surface area contributed by atoms with Gasteiger partial charge in [-0.1, -0.05) is 0 Å². The van der Waals surface area contributed by atoms with Crippen LogP contribution in [0.2, 0.25) is 0 Å². The Morgan fingerprint density at radius 1 is 1.29 bits per heavy atom. The maximum absolute atomic E-state index is 13.8. The van der Waals surface area contributed by atoms with Gasteiger partial charge in [-0.3, -0.25) is 14.4 Å². The van der Waals surface area contributed by atoms with Gasteiger partial charge in [0.25, 0.3) is 0 Å². The van der Waals surface area contributed by atoms with Crippen molar-refractivity contribution in [3.05, 3.63) is 39.8 Å². The number of piperidine rings is 1. The molecule has 0 aromatic carbocycles. The number of hydrogen-bond donors (Lipinski definition) is 0. The van der Waals surface area contributed by atoms with Crippen molar-refractivity contribution in [2.75, 3.05) is 26.2 Å². The van der Waals surface area contributed by atoms with Crippen molar-refractivity contribution in [2.45, 2.75) is 45.1 Å². The van der Waals surface area contributed by atoms with Crippen LogP contribution in [0.5, 0.6) is 0 Å². The SMILES string of the molecule is Cc1ccc(CN2C[C@H](c3ccnn3C)[C@@]3(CCCN(CC4CC4)C3=O)C2)s1. The van der Waals surface area contributed by atoms with Crippen molar-refractivity contribution < 1.29 is 4.79 Å². The van der Waals surface area contributed by atoms with Gasteiger partial charge in [-0.05, 0) is 56.7 Å². The summed E-state index contributed by atoms with van der Waals surface area (Å²) in [6.45, 7) is 6.85. The Bertz CT molecular complexity index is 870. The van der Waals surface area contributed by atoms with E-state index in [1.807, 2.05) is 29.3 Å². The highest BCUT2D eigenvalue weighted by Gasteiger charge is 2.56. The number of aromatic nitrogens is 2. The number of rotatable bonds is 5. The Hall–Kier alpha value is -1.66. The second kappa shape index (κ2) is 6.99. The van der Waals surface area contributed by atoms with Crippen molar-refractivity contribution in [3.8, 4) is 0 Å². The van der Waals surface area contributed by atoms with E-state index in [1.165, 1.54) is 28.3 Å². The minimum atomic E-state index is -0.284. The molecule has 2 saturated heterocycles.